The number of carbonyl (C=O) groups excluding carboxylic acids is 1. The molecule has 0 aliphatic carbocycles. The number of rotatable bonds is 8. The lowest BCUT2D eigenvalue weighted by Gasteiger charge is -2.28. The number of nitrogens with two attached hydrogens (primary N) is 1. The summed E-state index contributed by atoms with van der Waals surface area (Å²) in [5.41, 5.74) is 7.35. The second-order valence-corrected chi connectivity index (χ2v) is 5.13. The van der Waals surface area contributed by atoms with Crippen LogP contribution in [0.4, 0.5) is 5.69 Å². The average Bonchev–Trinajstić information content (AvgIpc) is 2.48. The van der Waals surface area contributed by atoms with Crippen molar-refractivity contribution in [3.05, 3.63) is 29.8 Å². The standard InChI is InChI=1S/C16H27N3O.2ClH/c1-4-16(5-2,12-17)15(20)19-14-9-7-8-13(10-14)11-18-6-3;;/h7-10,18H,4-6,11-12,17H2,1-3H3,(H,19,20);2*1H. The van der Waals surface area contributed by atoms with Crippen molar-refractivity contribution >= 4 is 36.4 Å². The minimum atomic E-state index is -0.461. The molecule has 0 saturated heterocycles. The van der Waals surface area contributed by atoms with E-state index in [-0.39, 0.29) is 30.7 Å². The van der Waals surface area contributed by atoms with Crippen LogP contribution in [0.25, 0.3) is 0 Å². The third-order valence-electron chi connectivity index (χ3n) is 3.99. The Labute approximate surface area is 146 Å². The van der Waals surface area contributed by atoms with Gasteiger partial charge in [-0.3, -0.25) is 4.79 Å². The second kappa shape index (κ2) is 11.7. The van der Waals surface area contributed by atoms with Gasteiger partial charge in [-0.05, 0) is 37.1 Å². The lowest BCUT2D eigenvalue weighted by Crippen LogP contribution is -2.41. The number of benzene rings is 1. The molecule has 6 heteroatoms. The Bertz CT molecular complexity index is 429. The first-order chi connectivity index (χ1) is 9.61. The second-order valence-electron chi connectivity index (χ2n) is 5.13. The molecule has 0 saturated carbocycles. The maximum Gasteiger partial charge on any atom is 0.231 e. The van der Waals surface area contributed by atoms with E-state index in [9.17, 15) is 4.79 Å². The largest absolute Gasteiger partial charge is 0.329 e. The highest BCUT2D eigenvalue weighted by atomic mass is 35.5. The topological polar surface area (TPSA) is 67.1 Å². The van der Waals surface area contributed by atoms with E-state index in [4.69, 9.17) is 5.73 Å². The van der Waals surface area contributed by atoms with Crippen LogP contribution in [0.1, 0.15) is 39.2 Å². The molecule has 1 amide bonds. The van der Waals surface area contributed by atoms with Gasteiger partial charge in [-0.2, -0.15) is 0 Å². The van der Waals surface area contributed by atoms with Crippen LogP contribution < -0.4 is 16.4 Å². The zero-order valence-electron chi connectivity index (χ0n) is 13.6. The maximum absolute atomic E-state index is 12.4. The molecule has 1 aromatic rings. The average molecular weight is 350 g/mol. The van der Waals surface area contributed by atoms with Gasteiger partial charge in [-0.15, -0.1) is 24.8 Å². The molecule has 4 N–H and O–H groups in total. The quantitative estimate of drug-likeness (QED) is 0.674. The summed E-state index contributed by atoms with van der Waals surface area (Å²) < 4.78 is 0. The molecule has 0 unspecified atom stereocenters. The molecule has 1 aromatic carbocycles. The van der Waals surface area contributed by atoms with Gasteiger partial charge in [-0.25, -0.2) is 0 Å². The van der Waals surface area contributed by atoms with Crippen LogP contribution in [0.3, 0.4) is 0 Å². The van der Waals surface area contributed by atoms with Crippen LogP contribution in [0, 0.1) is 5.41 Å². The number of nitrogens with one attached hydrogen (secondary N) is 2. The van der Waals surface area contributed by atoms with E-state index in [1.165, 1.54) is 0 Å². The van der Waals surface area contributed by atoms with Gasteiger partial charge in [0.2, 0.25) is 5.91 Å². The van der Waals surface area contributed by atoms with Crippen molar-refractivity contribution in [1.29, 1.82) is 0 Å². The molecule has 0 heterocycles. The van der Waals surface area contributed by atoms with Crippen molar-refractivity contribution in [2.45, 2.75) is 40.2 Å². The molecule has 128 valence electrons. The fourth-order valence-corrected chi connectivity index (χ4v) is 2.24. The van der Waals surface area contributed by atoms with Gasteiger partial charge in [0, 0.05) is 18.8 Å². The fraction of sp³-hybridized carbons (Fsp3) is 0.562. The molecule has 0 aromatic heterocycles. The smallest absolute Gasteiger partial charge is 0.231 e. The van der Waals surface area contributed by atoms with Gasteiger partial charge >= 0.3 is 0 Å². The molecule has 22 heavy (non-hydrogen) atoms. The van der Waals surface area contributed by atoms with Gasteiger partial charge in [-0.1, -0.05) is 32.9 Å². The highest BCUT2D eigenvalue weighted by Crippen LogP contribution is 2.27. The first-order valence-electron chi connectivity index (χ1n) is 7.43. The summed E-state index contributed by atoms with van der Waals surface area (Å²) in [6.45, 7) is 8.21. The fourth-order valence-electron chi connectivity index (χ4n) is 2.24. The Kier molecular flexibility index (Phi) is 12.5. The highest BCUT2D eigenvalue weighted by molar-refractivity contribution is 5.95. The Balaban J connectivity index is 0. The van der Waals surface area contributed by atoms with Gasteiger partial charge < -0.3 is 16.4 Å². The van der Waals surface area contributed by atoms with Crippen LogP contribution in [0.15, 0.2) is 24.3 Å². The lowest BCUT2D eigenvalue weighted by atomic mass is 9.81. The molecule has 0 atom stereocenters. The Morgan fingerprint density at radius 2 is 1.82 bits per heavy atom. The zero-order valence-corrected chi connectivity index (χ0v) is 15.3. The molecule has 1 rings (SSSR count). The van der Waals surface area contributed by atoms with Crippen molar-refractivity contribution < 1.29 is 4.79 Å². The molecule has 0 aliphatic heterocycles. The van der Waals surface area contributed by atoms with Crippen LogP contribution >= 0.6 is 24.8 Å². The number of carbonyl (C=O) groups is 1. The molecule has 0 fully saturated rings. The molecular weight excluding hydrogens is 321 g/mol. The van der Waals surface area contributed by atoms with E-state index in [1.807, 2.05) is 38.1 Å². The monoisotopic (exact) mass is 349 g/mol. The van der Waals surface area contributed by atoms with E-state index in [1.54, 1.807) is 0 Å². The summed E-state index contributed by atoms with van der Waals surface area (Å²) in [7, 11) is 0. The van der Waals surface area contributed by atoms with Crippen molar-refractivity contribution in [3.63, 3.8) is 0 Å². The van der Waals surface area contributed by atoms with Crippen LogP contribution in [-0.4, -0.2) is 19.0 Å². The predicted molar refractivity (Wildman–Crippen MR) is 99.0 cm³/mol. The SMILES string of the molecule is CCNCc1cccc(NC(=O)C(CC)(CC)CN)c1.Cl.Cl. The molecule has 0 spiro atoms. The molecule has 0 radical (unpaired) electrons. The predicted octanol–water partition coefficient (Wildman–Crippen LogP) is 3.34. The van der Waals surface area contributed by atoms with E-state index in [2.05, 4.69) is 17.6 Å². The van der Waals surface area contributed by atoms with Crippen LogP contribution in [0.5, 0.6) is 0 Å². The number of halogens is 2. The summed E-state index contributed by atoms with van der Waals surface area (Å²) >= 11 is 0. The van der Waals surface area contributed by atoms with Gasteiger partial charge in [0.1, 0.15) is 0 Å². The molecule has 0 aliphatic rings. The van der Waals surface area contributed by atoms with Gasteiger partial charge in [0.15, 0.2) is 0 Å². The Morgan fingerprint density at radius 1 is 1.18 bits per heavy atom. The van der Waals surface area contributed by atoms with E-state index < -0.39 is 5.41 Å². The van der Waals surface area contributed by atoms with Crippen molar-refractivity contribution in [3.8, 4) is 0 Å². The number of hydrogen-bond acceptors (Lipinski definition) is 3. The number of amides is 1. The summed E-state index contributed by atoms with van der Waals surface area (Å²) in [6, 6.07) is 7.94. The molecule has 0 bridgehead atoms. The summed E-state index contributed by atoms with van der Waals surface area (Å²) in [5.74, 6) is 0.0191. The number of hydrogen-bond donors (Lipinski definition) is 3. The summed E-state index contributed by atoms with van der Waals surface area (Å²) in [5, 5.41) is 6.28. The van der Waals surface area contributed by atoms with Gasteiger partial charge in [0.05, 0.1) is 5.41 Å². The first-order valence-corrected chi connectivity index (χ1v) is 7.43. The minimum absolute atomic E-state index is 0. The van der Waals surface area contributed by atoms with Crippen molar-refractivity contribution in [2.24, 2.45) is 11.1 Å². The van der Waals surface area contributed by atoms with Gasteiger partial charge in [0.25, 0.3) is 0 Å². The van der Waals surface area contributed by atoms with E-state index >= 15 is 0 Å². The lowest BCUT2D eigenvalue weighted by molar-refractivity contribution is -0.125. The van der Waals surface area contributed by atoms with E-state index in [0.717, 1.165) is 37.2 Å². The Morgan fingerprint density at radius 3 is 2.32 bits per heavy atom. The minimum Gasteiger partial charge on any atom is -0.329 e. The first kappa shape index (κ1) is 23.5. The summed E-state index contributed by atoms with van der Waals surface area (Å²) in [6.07, 6.45) is 1.51. The molecule has 4 nitrogen and oxygen atoms in total. The summed E-state index contributed by atoms with van der Waals surface area (Å²) in [4.78, 5) is 12.4. The van der Waals surface area contributed by atoms with Crippen LogP contribution in [-0.2, 0) is 11.3 Å². The highest BCUT2D eigenvalue weighted by Gasteiger charge is 2.33. The van der Waals surface area contributed by atoms with Crippen molar-refractivity contribution in [1.82, 2.24) is 5.32 Å². The number of anilines is 1. The maximum atomic E-state index is 12.4. The third kappa shape index (κ3) is 6.13. The molecular formula is C16H29Cl2N3O. The van der Waals surface area contributed by atoms with Crippen LogP contribution in [0.2, 0.25) is 0 Å². The zero-order chi connectivity index (χ0) is 15.0. The van der Waals surface area contributed by atoms with Crippen molar-refractivity contribution in [2.75, 3.05) is 18.4 Å². The third-order valence-corrected chi connectivity index (χ3v) is 3.99. The Hall–Kier alpha value is -0.810. The normalized spacial score (nSPS) is 10.4. The van der Waals surface area contributed by atoms with E-state index in [0.29, 0.717) is 6.54 Å².